The number of piperidine rings is 1. The maximum Gasteiger partial charge on any atom is 0.310 e. The molecule has 1 aliphatic rings. The lowest BCUT2D eigenvalue weighted by molar-refractivity contribution is -0.142. The van der Waals surface area contributed by atoms with Crippen molar-refractivity contribution in [2.75, 3.05) is 24.6 Å². The van der Waals surface area contributed by atoms with Crippen LogP contribution in [0.3, 0.4) is 0 Å². The van der Waals surface area contributed by atoms with Gasteiger partial charge >= 0.3 is 5.97 Å². The first-order chi connectivity index (χ1) is 15.3. The van der Waals surface area contributed by atoms with E-state index in [4.69, 9.17) is 13.9 Å². The maximum atomic E-state index is 12.5. The summed E-state index contributed by atoms with van der Waals surface area (Å²) in [6.07, 6.45) is 2.49. The van der Waals surface area contributed by atoms with E-state index >= 15 is 0 Å². The molecule has 3 rings (SSSR count). The molecule has 0 saturated carbocycles. The second-order valence-corrected chi connectivity index (χ2v) is 10.6. The molecule has 1 fully saturated rings. The topological polar surface area (TPSA) is 51.7 Å². The number of hydrogen-bond acceptors (Lipinski definition) is 6. The van der Waals surface area contributed by atoms with Crippen molar-refractivity contribution in [3.05, 3.63) is 46.8 Å². The SMILES string of the molecule is CCOC(=O)Cc1c(C)nc(C)c(-c2ccc(COSI)cc2)c1N1CCC(C)(C)CC1. The van der Waals surface area contributed by atoms with Gasteiger partial charge in [0.25, 0.3) is 0 Å². The molecule has 0 unspecified atom stereocenters. The van der Waals surface area contributed by atoms with Gasteiger partial charge < -0.3 is 13.8 Å². The summed E-state index contributed by atoms with van der Waals surface area (Å²) in [4.78, 5) is 19.8. The van der Waals surface area contributed by atoms with Crippen LogP contribution in [0.5, 0.6) is 0 Å². The monoisotopic (exact) mass is 568 g/mol. The molecule has 0 atom stereocenters. The van der Waals surface area contributed by atoms with Crippen LogP contribution in [0, 0.1) is 19.3 Å². The lowest BCUT2D eigenvalue weighted by atomic mass is 9.82. The second-order valence-electron chi connectivity index (χ2n) is 9.14. The number of aromatic nitrogens is 1. The minimum absolute atomic E-state index is 0.199. The minimum atomic E-state index is -0.199. The van der Waals surface area contributed by atoms with Gasteiger partial charge in [0.05, 0.1) is 34.5 Å². The number of nitrogens with zero attached hydrogens (tertiary/aromatic N) is 2. The van der Waals surface area contributed by atoms with Gasteiger partial charge in [0, 0.05) is 56.8 Å². The third-order valence-corrected chi connectivity index (χ3v) is 7.20. The molecule has 7 heteroatoms. The van der Waals surface area contributed by atoms with Crippen molar-refractivity contribution in [1.82, 2.24) is 4.98 Å². The van der Waals surface area contributed by atoms with E-state index in [0.717, 1.165) is 65.3 Å². The number of carbonyl (C=O) groups excluding carboxylic acids is 1. The van der Waals surface area contributed by atoms with Crippen LogP contribution >= 0.6 is 30.4 Å². The van der Waals surface area contributed by atoms with Gasteiger partial charge in [-0.1, -0.05) is 38.1 Å². The Morgan fingerprint density at radius 1 is 1.16 bits per heavy atom. The fourth-order valence-electron chi connectivity index (χ4n) is 4.32. The molecule has 0 bridgehead atoms. The number of benzene rings is 1. The minimum Gasteiger partial charge on any atom is -0.466 e. The van der Waals surface area contributed by atoms with Gasteiger partial charge in [-0.2, -0.15) is 0 Å². The first-order valence-electron chi connectivity index (χ1n) is 11.2. The summed E-state index contributed by atoms with van der Waals surface area (Å²) in [7, 11) is 1.34. The zero-order valence-electron chi connectivity index (χ0n) is 19.7. The maximum absolute atomic E-state index is 12.5. The summed E-state index contributed by atoms with van der Waals surface area (Å²) >= 11 is 2.13. The van der Waals surface area contributed by atoms with E-state index in [1.54, 1.807) is 0 Å². The van der Waals surface area contributed by atoms with Gasteiger partial charge in [0.2, 0.25) is 0 Å². The van der Waals surface area contributed by atoms with Crippen LogP contribution in [0.1, 0.15) is 56.1 Å². The molecule has 1 aliphatic heterocycles. The molecule has 2 heterocycles. The summed E-state index contributed by atoms with van der Waals surface area (Å²) in [6, 6.07) is 8.49. The van der Waals surface area contributed by atoms with Crippen LogP contribution in [0.25, 0.3) is 11.1 Å². The molecule has 0 amide bonds. The normalized spacial score (nSPS) is 15.6. The van der Waals surface area contributed by atoms with Crippen molar-refractivity contribution in [2.45, 2.75) is 60.5 Å². The van der Waals surface area contributed by atoms with Crippen molar-refractivity contribution < 1.29 is 13.7 Å². The second kappa shape index (κ2) is 11.2. The van der Waals surface area contributed by atoms with Gasteiger partial charge in [-0.25, -0.2) is 0 Å². The van der Waals surface area contributed by atoms with Gasteiger partial charge in [0.1, 0.15) is 0 Å². The summed E-state index contributed by atoms with van der Waals surface area (Å²) in [5.41, 5.74) is 7.72. The Morgan fingerprint density at radius 3 is 2.41 bits per heavy atom. The van der Waals surface area contributed by atoms with Crippen LogP contribution in [0.15, 0.2) is 24.3 Å². The highest BCUT2D eigenvalue weighted by atomic mass is 127. The average molecular weight is 569 g/mol. The molecule has 0 aliphatic carbocycles. The molecule has 1 aromatic heterocycles. The number of aryl methyl sites for hydroxylation is 2. The Bertz CT molecular complexity index is 937. The molecule has 2 aromatic rings. The summed E-state index contributed by atoms with van der Waals surface area (Å²) in [6.45, 7) is 13.5. The van der Waals surface area contributed by atoms with Gasteiger partial charge in [-0.05, 0) is 50.2 Å². The molecule has 1 aromatic carbocycles. The van der Waals surface area contributed by atoms with E-state index in [0.29, 0.717) is 18.6 Å². The van der Waals surface area contributed by atoms with Crippen molar-refractivity contribution in [3.8, 4) is 11.1 Å². The van der Waals surface area contributed by atoms with Crippen molar-refractivity contribution >= 4 is 42.1 Å². The molecule has 32 heavy (non-hydrogen) atoms. The predicted octanol–water partition coefficient (Wildman–Crippen LogP) is 6.61. The number of pyridine rings is 1. The number of rotatable bonds is 8. The van der Waals surface area contributed by atoms with Crippen molar-refractivity contribution in [1.29, 1.82) is 0 Å². The highest BCUT2D eigenvalue weighted by molar-refractivity contribution is 14.2. The number of ether oxygens (including phenoxy) is 1. The highest BCUT2D eigenvalue weighted by Crippen LogP contribution is 2.41. The van der Waals surface area contributed by atoms with E-state index in [1.165, 1.54) is 9.21 Å². The molecular formula is C25H33IN2O3S. The summed E-state index contributed by atoms with van der Waals surface area (Å²) in [5, 5.41) is 0. The summed E-state index contributed by atoms with van der Waals surface area (Å²) < 4.78 is 10.8. The Morgan fingerprint density at radius 2 is 1.81 bits per heavy atom. The first-order valence-corrected chi connectivity index (χ1v) is 14.4. The zero-order valence-corrected chi connectivity index (χ0v) is 22.6. The molecule has 0 N–H and O–H groups in total. The third-order valence-electron chi connectivity index (χ3n) is 6.23. The molecule has 174 valence electrons. The van der Waals surface area contributed by atoms with E-state index in [9.17, 15) is 4.79 Å². The third kappa shape index (κ3) is 6.17. The fourth-order valence-corrected chi connectivity index (χ4v) is 4.89. The lowest BCUT2D eigenvalue weighted by Gasteiger charge is -2.40. The smallest absolute Gasteiger partial charge is 0.310 e. The zero-order chi connectivity index (χ0) is 23.3. The first kappa shape index (κ1) is 25.3. The van der Waals surface area contributed by atoms with E-state index in [2.05, 4.69) is 71.1 Å². The highest BCUT2D eigenvalue weighted by Gasteiger charge is 2.30. The Hall–Kier alpha value is -1.32. The molecule has 1 saturated heterocycles. The molecular weight excluding hydrogens is 535 g/mol. The Balaban J connectivity index is 2.09. The Labute approximate surface area is 208 Å². The van der Waals surface area contributed by atoms with Crippen LogP contribution in [0.4, 0.5) is 5.69 Å². The van der Waals surface area contributed by atoms with E-state index in [1.807, 2.05) is 13.8 Å². The largest absolute Gasteiger partial charge is 0.466 e. The quantitative estimate of drug-likeness (QED) is 0.203. The lowest BCUT2D eigenvalue weighted by Crippen LogP contribution is -2.38. The fraction of sp³-hybridized carbons (Fsp3) is 0.520. The number of halogens is 1. The van der Waals surface area contributed by atoms with Crippen LogP contribution in [-0.2, 0) is 26.7 Å². The molecule has 5 nitrogen and oxygen atoms in total. The number of carbonyl (C=O) groups is 1. The number of anilines is 1. The number of esters is 1. The van der Waals surface area contributed by atoms with Crippen molar-refractivity contribution in [3.63, 3.8) is 0 Å². The van der Waals surface area contributed by atoms with Crippen LogP contribution < -0.4 is 4.90 Å². The van der Waals surface area contributed by atoms with E-state index in [-0.39, 0.29) is 12.4 Å². The van der Waals surface area contributed by atoms with Crippen molar-refractivity contribution in [2.24, 2.45) is 5.41 Å². The van der Waals surface area contributed by atoms with Crippen LogP contribution in [-0.4, -0.2) is 30.6 Å². The van der Waals surface area contributed by atoms with Gasteiger partial charge in [-0.3, -0.25) is 9.78 Å². The Kier molecular flexibility index (Phi) is 8.86. The van der Waals surface area contributed by atoms with Crippen LogP contribution in [0.2, 0.25) is 0 Å². The van der Waals surface area contributed by atoms with Gasteiger partial charge in [0.15, 0.2) is 0 Å². The molecule has 0 spiro atoms. The molecule has 0 radical (unpaired) electrons. The number of hydrogen-bond donors (Lipinski definition) is 0. The predicted molar refractivity (Wildman–Crippen MR) is 141 cm³/mol. The summed E-state index contributed by atoms with van der Waals surface area (Å²) in [5.74, 6) is -0.199. The van der Waals surface area contributed by atoms with Gasteiger partial charge in [-0.15, -0.1) is 0 Å². The average Bonchev–Trinajstić information content (AvgIpc) is 2.75. The standard InChI is InChI=1S/C25H33IN2O3S/c1-6-30-22(29)15-21-17(2)27-18(3)23(20-9-7-19(8-10-20)16-31-32-26)24(21)28-13-11-25(4,5)12-14-28/h7-10H,6,11-16H2,1-5H3. The van der Waals surface area contributed by atoms with E-state index < -0.39 is 0 Å².